The van der Waals surface area contributed by atoms with Crippen LogP contribution in [0.1, 0.15) is 98.3 Å². The number of ether oxygens (including phenoxy) is 1. The van der Waals surface area contributed by atoms with Gasteiger partial charge in [0.15, 0.2) is 0 Å². The molecule has 0 saturated heterocycles. The van der Waals surface area contributed by atoms with Gasteiger partial charge < -0.3 is 4.74 Å². The zero-order chi connectivity index (χ0) is 23.7. The minimum absolute atomic E-state index is 0.0994. The highest BCUT2D eigenvalue weighted by molar-refractivity contribution is 8.03. The third-order valence-corrected chi connectivity index (χ3v) is 6.79. The van der Waals surface area contributed by atoms with E-state index in [0.717, 1.165) is 32.1 Å². The van der Waals surface area contributed by atoms with E-state index < -0.39 is 6.18 Å². The van der Waals surface area contributed by atoms with Crippen molar-refractivity contribution in [1.29, 1.82) is 0 Å². The fourth-order valence-corrected chi connectivity index (χ4v) is 4.98. The van der Waals surface area contributed by atoms with Gasteiger partial charge in [-0.1, -0.05) is 65.5 Å². The maximum atomic E-state index is 13.4. The van der Waals surface area contributed by atoms with Crippen LogP contribution in [-0.4, -0.2) is 25.0 Å². The SMILES string of the molecule is CC.CCCCC(C)CC/C=C/C1CCC(C(F)(F)F)=C1SCCCCCC(=O)OC. The maximum absolute atomic E-state index is 13.4. The minimum atomic E-state index is -4.23. The number of halogens is 3. The molecule has 0 aromatic heterocycles. The Balaban J connectivity index is 0.00000436. The van der Waals surface area contributed by atoms with E-state index in [2.05, 4.69) is 24.7 Å². The van der Waals surface area contributed by atoms with Crippen LogP contribution in [0.25, 0.3) is 0 Å². The van der Waals surface area contributed by atoms with E-state index >= 15 is 0 Å². The van der Waals surface area contributed by atoms with Crippen LogP contribution in [0.4, 0.5) is 13.2 Å². The van der Waals surface area contributed by atoms with Gasteiger partial charge in [-0.25, -0.2) is 0 Å². The number of hydrogen-bond acceptors (Lipinski definition) is 3. The Morgan fingerprint density at radius 3 is 2.52 bits per heavy atom. The molecule has 182 valence electrons. The monoisotopic (exact) mass is 464 g/mol. The number of alkyl halides is 3. The number of carbonyl (C=O) groups excluding carboxylic acids is 1. The van der Waals surface area contributed by atoms with E-state index in [0.29, 0.717) is 29.4 Å². The molecule has 2 unspecified atom stereocenters. The number of unbranched alkanes of at least 4 members (excludes halogenated alkanes) is 3. The Labute approximate surface area is 192 Å². The van der Waals surface area contributed by atoms with Crippen LogP contribution in [0.2, 0.25) is 0 Å². The summed E-state index contributed by atoms with van der Waals surface area (Å²) in [5.74, 6) is 1.000. The zero-order valence-corrected chi connectivity index (χ0v) is 21.0. The second-order valence-electron chi connectivity index (χ2n) is 7.97. The summed E-state index contributed by atoms with van der Waals surface area (Å²) in [6.07, 6.45) is 8.98. The van der Waals surface area contributed by atoms with Crippen molar-refractivity contribution in [2.45, 2.75) is 105 Å². The summed E-state index contributed by atoms with van der Waals surface area (Å²) in [4.78, 5) is 11.6. The fraction of sp³-hybridized carbons (Fsp3) is 0.800. The first kappa shape index (κ1) is 30.1. The highest BCUT2D eigenvalue weighted by Gasteiger charge is 2.41. The minimum Gasteiger partial charge on any atom is -0.469 e. The number of carbonyl (C=O) groups is 1. The second-order valence-corrected chi connectivity index (χ2v) is 9.11. The smallest absolute Gasteiger partial charge is 0.413 e. The zero-order valence-electron chi connectivity index (χ0n) is 20.2. The van der Waals surface area contributed by atoms with Crippen molar-refractivity contribution in [2.24, 2.45) is 11.8 Å². The van der Waals surface area contributed by atoms with Crippen molar-refractivity contribution < 1.29 is 22.7 Å². The Morgan fingerprint density at radius 1 is 1.19 bits per heavy atom. The molecule has 0 N–H and O–H groups in total. The van der Waals surface area contributed by atoms with Crippen molar-refractivity contribution in [2.75, 3.05) is 12.9 Å². The van der Waals surface area contributed by atoms with E-state index in [1.54, 1.807) is 0 Å². The summed E-state index contributed by atoms with van der Waals surface area (Å²) >= 11 is 1.36. The molecular weight excluding hydrogens is 421 g/mol. The molecule has 2 nitrogen and oxygen atoms in total. The Hall–Kier alpha value is -0.910. The number of methoxy groups -OCH3 is 1. The predicted molar refractivity (Wildman–Crippen MR) is 127 cm³/mol. The van der Waals surface area contributed by atoms with Crippen molar-refractivity contribution in [3.8, 4) is 0 Å². The number of esters is 1. The molecule has 2 atom stereocenters. The van der Waals surface area contributed by atoms with Crippen molar-refractivity contribution in [3.05, 3.63) is 22.6 Å². The predicted octanol–water partition coefficient (Wildman–Crippen LogP) is 8.87. The third kappa shape index (κ3) is 13.3. The molecule has 0 saturated carbocycles. The summed E-state index contributed by atoms with van der Waals surface area (Å²) in [5, 5.41) is 0. The van der Waals surface area contributed by atoms with Crippen LogP contribution in [0, 0.1) is 11.8 Å². The Morgan fingerprint density at radius 2 is 1.90 bits per heavy atom. The molecule has 0 aliphatic heterocycles. The molecular formula is C25H43F3O2S. The normalized spacial score (nSPS) is 17.6. The average molecular weight is 465 g/mol. The van der Waals surface area contributed by atoms with Gasteiger partial charge in [-0.2, -0.15) is 13.2 Å². The van der Waals surface area contributed by atoms with Crippen molar-refractivity contribution in [3.63, 3.8) is 0 Å². The molecule has 0 radical (unpaired) electrons. The van der Waals surface area contributed by atoms with E-state index in [9.17, 15) is 18.0 Å². The van der Waals surface area contributed by atoms with Gasteiger partial charge in [0.05, 0.1) is 7.11 Å². The lowest BCUT2D eigenvalue weighted by Gasteiger charge is -2.14. The van der Waals surface area contributed by atoms with E-state index in [1.165, 1.54) is 38.1 Å². The largest absolute Gasteiger partial charge is 0.469 e. The molecule has 0 fully saturated rings. The van der Waals surface area contributed by atoms with Crippen LogP contribution < -0.4 is 0 Å². The van der Waals surface area contributed by atoms with Gasteiger partial charge in [-0.15, -0.1) is 11.8 Å². The van der Waals surface area contributed by atoms with E-state index in [4.69, 9.17) is 0 Å². The quantitative estimate of drug-likeness (QED) is 0.146. The molecule has 6 heteroatoms. The molecule has 0 spiro atoms. The number of allylic oxidation sites excluding steroid dienone is 4. The van der Waals surface area contributed by atoms with Crippen LogP contribution >= 0.6 is 11.8 Å². The van der Waals surface area contributed by atoms with E-state index in [1.807, 2.05) is 19.9 Å². The molecule has 1 rings (SSSR count). The van der Waals surface area contributed by atoms with Gasteiger partial charge in [0.25, 0.3) is 0 Å². The van der Waals surface area contributed by atoms with Gasteiger partial charge in [0.2, 0.25) is 0 Å². The van der Waals surface area contributed by atoms with Crippen LogP contribution in [0.15, 0.2) is 22.6 Å². The average Bonchev–Trinajstić information content (AvgIpc) is 3.16. The standard InChI is InChI=1S/C23H37F3O2S.C2H6/c1-4-5-11-18(2)12-8-9-13-19-15-16-20(23(24,25)26)22(19)29-17-10-6-7-14-21(27)28-3;1-2/h9,13,18-19H,4-8,10-12,14-17H2,1-3H3;1-2H3/b13-9+;. The van der Waals surface area contributed by atoms with Crippen molar-refractivity contribution >= 4 is 17.7 Å². The molecule has 0 heterocycles. The van der Waals surface area contributed by atoms with Crippen LogP contribution in [-0.2, 0) is 9.53 Å². The second kappa shape index (κ2) is 17.6. The van der Waals surface area contributed by atoms with E-state index in [-0.39, 0.29) is 23.9 Å². The molecule has 0 aromatic rings. The summed E-state index contributed by atoms with van der Waals surface area (Å²) in [6, 6.07) is 0. The Bertz CT molecular complexity index is 541. The first-order valence-corrected chi connectivity index (χ1v) is 12.9. The third-order valence-electron chi connectivity index (χ3n) is 5.44. The Kier molecular flexibility index (Phi) is 17.1. The van der Waals surface area contributed by atoms with Gasteiger partial charge in [0.1, 0.15) is 0 Å². The first-order chi connectivity index (χ1) is 14.8. The summed E-state index contributed by atoms with van der Waals surface area (Å²) < 4.78 is 44.8. The molecule has 0 bridgehead atoms. The van der Waals surface area contributed by atoms with Crippen LogP contribution in [0.3, 0.4) is 0 Å². The summed E-state index contributed by atoms with van der Waals surface area (Å²) in [5.41, 5.74) is -0.331. The fourth-order valence-electron chi connectivity index (χ4n) is 3.61. The molecule has 31 heavy (non-hydrogen) atoms. The number of thioether (sulfide) groups is 1. The molecule has 1 aliphatic carbocycles. The van der Waals surface area contributed by atoms with Gasteiger partial charge >= 0.3 is 12.1 Å². The number of rotatable bonds is 14. The first-order valence-electron chi connectivity index (χ1n) is 12.0. The lowest BCUT2D eigenvalue weighted by Crippen LogP contribution is -2.11. The number of hydrogen-bond donors (Lipinski definition) is 0. The van der Waals surface area contributed by atoms with Crippen LogP contribution in [0.5, 0.6) is 0 Å². The molecule has 0 aromatic carbocycles. The highest BCUT2D eigenvalue weighted by Crippen LogP contribution is 2.47. The van der Waals surface area contributed by atoms with Gasteiger partial charge in [-0.05, 0) is 55.1 Å². The van der Waals surface area contributed by atoms with Gasteiger partial charge in [0, 0.05) is 17.9 Å². The van der Waals surface area contributed by atoms with Gasteiger partial charge in [-0.3, -0.25) is 4.79 Å². The van der Waals surface area contributed by atoms with Crippen molar-refractivity contribution in [1.82, 2.24) is 0 Å². The highest BCUT2D eigenvalue weighted by atomic mass is 32.2. The summed E-state index contributed by atoms with van der Waals surface area (Å²) in [6.45, 7) is 8.44. The lowest BCUT2D eigenvalue weighted by molar-refractivity contribution is -0.140. The lowest BCUT2D eigenvalue weighted by atomic mass is 9.98. The molecule has 0 amide bonds. The molecule has 1 aliphatic rings. The maximum Gasteiger partial charge on any atom is 0.413 e. The summed E-state index contributed by atoms with van der Waals surface area (Å²) in [7, 11) is 1.36. The topological polar surface area (TPSA) is 26.3 Å².